The van der Waals surface area contributed by atoms with Crippen LogP contribution < -0.4 is 14.8 Å². The van der Waals surface area contributed by atoms with Crippen LogP contribution in [0, 0.1) is 0 Å². The molecule has 8 heteroatoms. The Kier molecular flexibility index (Phi) is 6.78. The largest absolute Gasteiger partial charge is 0.496 e. The Labute approximate surface area is 169 Å². The Morgan fingerprint density at radius 2 is 2.00 bits per heavy atom. The van der Waals surface area contributed by atoms with Crippen LogP contribution in [0.4, 0.5) is 0 Å². The van der Waals surface area contributed by atoms with Crippen LogP contribution in [0.2, 0.25) is 0 Å². The molecule has 0 spiro atoms. The number of amides is 1. The number of ether oxygens (including phenoxy) is 2. The number of aromatic nitrogens is 4. The Morgan fingerprint density at radius 3 is 2.79 bits per heavy atom. The first-order valence-corrected chi connectivity index (χ1v) is 9.48. The van der Waals surface area contributed by atoms with Crippen LogP contribution in [-0.2, 0) is 13.0 Å². The maximum atomic E-state index is 12.5. The molecule has 3 aromatic rings. The zero-order chi connectivity index (χ0) is 20.6. The Hall–Kier alpha value is -3.42. The van der Waals surface area contributed by atoms with Gasteiger partial charge in [-0.2, -0.15) is 0 Å². The molecule has 2 aromatic carbocycles. The highest BCUT2D eigenvalue weighted by Crippen LogP contribution is 2.18. The summed E-state index contributed by atoms with van der Waals surface area (Å²) in [4.78, 5) is 12.5. The fourth-order valence-corrected chi connectivity index (χ4v) is 2.91. The molecule has 29 heavy (non-hydrogen) atoms. The second-order valence-electron chi connectivity index (χ2n) is 6.77. The number of benzene rings is 2. The van der Waals surface area contributed by atoms with Gasteiger partial charge in [0.15, 0.2) is 5.82 Å². The van der Waals surface area contributed by atoms with Gasteiger partial charge >= 0.3 is 0 Å². The molecule has 0 fully saturated rings. The predicted molar refractivity (Wildman–Crippen MR) is 108 cm³/mol. The van der Waals surface area contributed by atoms with Gasteiger partial charge in [0.25, 0.3) is 5.91 Å². The summed E-state index contributed by atoms with van der Waals surface area (Å²) in [6.45, 7) is 4.73. The van der Waals surface area contributed by atoms with E-state index in [0.29, 0.717) is 30.1 Å². The summed E-state index contributed by atoms with van der Waals surface area (Å²) in [5, 5.41) is 14.5. The summed E-state index contributed by atoms with van der Waals surface area (Å²) in [6, 6.07) is 15.0. The van der Waals surface area contributed by atoms with Crippen LogP contribution in [0.25, 0.3) is 0 Å². The molecule has 152 valence electrons. The molecule has 0 atom stereocenters. The van der Waals surface area contributed by atoms with Crippen molar-refractivity contribution in [3.8, 4) is 11.5 Å². The zero-order valence-electron chi connectivity index (χ0n) is 16.8. The first kappa shape index (κ1) is 20.3. The monoisotopic (exact) mass is 395 g/mol. The molecule has 8 nitrogen and oxygen atoms in total. The van der Waals surface area contributed by atoms with Gasteiger partial charge in [0.1, 0.15) is 18.1 Å². The smallest absolute Gasteiger partial charge is 0.251 e. The molecule has 1 N–H and O–H groups in total. The lowest BCUT2D eigenvalue weighted by molar-refractivity contribution is 0.0953. The number of para-hydroxylation sites is 1. The first-order valence-electron chi connectivity index (χ1n) is 9.48. The fraction of sp³-hybridized carbons (Fsp3) is 0.333. The van der Waals surface area contributed by atoms with Crippen molar-refractivity contribution in [2.75, 3.05) is 13.7 Å². The lowest BCUT2D eigenvalue weighted by atomic mass is 10.1. The van der Waals surface area contributed by atoms with Crippen LogP contribution in [0.1, 0.15) is 41.6 Å². The summed E-state index contributed by atoms with van der Waals surface area (Å²) in [6.07, 6.45) is 0.684. The summed E-state index contributed by atoms with van der Waals surface area (Å²) in [5.74, 6) is 1.88. The minimum Gasteiger partial charge on any atom is -0.496 e. The van der Waals surface area contributed by atoms with Gasteiger partial charge in [-0.05, 0) is 60.5 Å². The van der Waals surface area contributed by atoms with Crippen LogP contribution in [0.5, 0.6) is 11.5 Å². The third-order valence-corrected chi connectivity index (χ3v) is 4.39. The van der Waals surface area contributed by atoms with Gasteiger partial charge in [-0.25, -0.2) is 4.68 Å². The van der Waals surface area contributed by atoms with Crippen LogP contribution >= 0.6 is 0 Å². The number of nitrogens with one attached hydrogen (secondary N) is 1. The number of nitrogens with zero attached hydrogens (tertiary/aromatic N) is 4. The van der Waals surface area contributed by atoms with Crippen LogP contribution in [-0.4, -0.2) is 39.8 Å². The molecule has 0 saturated carbocycles. The molecule has 1 heterocycles. The van der Waals surface area contributed by atoms with E-state index in [-0.39, 0.29) is 18.6 Å². The Morgan fingerprint density at radius 1 is 1.17 bits per heavy atom. The van der Waals surface area contributed by atoms with Crippen molar-refractivity contribution in [2.24, 2.45) is 0 Å². The maximum Gasteiger partial charge on any atom is 0.251 e. The lowest BCUT2D eigenvalue weighted by Crippen LogP contribution is -2.25. The Balaban J connectivity index is 1.55. The highest BCUT2D eigenvalue weighted by atomic mass is 16.5. The SMILES string of the molecule is COc1ccccc1CCNC(=O)c1cccc(OCc2nnnn2C(C)C)c1. The van der Waals surface area contributed by atoms with E-state index in [1.54, 1.807) is 36.1 Å². The molecular formula is C21H25N5O3. The van der Waals surface area contributed by atoms with Gasteiger partial charge < -0.3 is 14.8 Å². The van der Waals surface area contributed by atoms with E-state index in [2.05, 4.69) is 20.8 Å². The summed E-state index contributed by atoms with van der Waals surface area (Å²) < 4.78 is 12.8. The van der Waals surface area contributed by atoms with Crippen molar-refractivity contribution in [1.82, 2.24) is 25.5 Å². The molecule has 1 aromatic heterocycles. The minimum absolute atomic E-state index is 0.143. The molecule has 0 radical (unpaired) electrons. The minimum atomic E-state index is -0.155. The maximum absolute atomic E-state index is 12.5. The third kappa shape index (κ3) is 5.31. The molecule has 0 aliphatic rings. The number of rotatable bonds is 9. The van der Waals surface area contributed by atoms with Crippen LogP contribution in [0.3, 0.4) is 0 Å². The number of tetrazole rings is 1. The van der Waals surface area contributed by atoms with Crippen molar-refractivity contribution in [2.45, 2.75) is 32.9 Å². The molecule has 0 unspecified atom stereocenters. The van der Waals surface area contributed by atoms with E-state index in [1.807, 2.05) is 38.1 Å². The molecule has 0 aliphatic carbocycles. The van der Waals surface area contributed by atoms with Gasteiger partial charge in [-0.3, -0.25) is 4.79 Å². The summed E-state index contributed by atoms with van der Waals surface area (Å²) in [7, 11) is 1.64. The van der Waals surface area contributed by atoms with Gasteiger partial charge in [0.2, 0.25) is 0 Å². The van der Waals surface area contributed by atoms with Crippen LogP contribution in [0.15, 0.2) is 48.5 Å². The average molecular weight is 395 g/mol. The molecular weight excluding hydrogens is 370 g/mol. The molecule has 0 bridgehead atoms. The molecule has 3 rings (SSSR count). The second kappa shape index (κ2) is 9.68. The number of hydrogen-bond donors (Lipinski definition) is 1. The topological polar surface area (TPSA) is 91.2 Å². The van der Waals surface area contributed by atoms with Crippen molar-refractivity contribution >= 4 is 5.91 Å². The number of carbonyl (C=O) groups excluding carboxylic acids is 1. The van der Waals surface area contributed by atoms with Gasteiger partial charge in [-0.1, -0.05) is 24.3 Å². The lowest BCUT2D eigenvalue weighted by Gasteiger charge is -2.11. The quantitative estimate of drug-likeness (QED) is 0.599. The Bertz CT molecular complexity index is 955. The first-order chi connectivity index (χ1) is 14.1. The average Bonchev–Trinajstić information content (AvgIpc) is 3.22. The van der Waals surface area contributed by atoms with E-state index in [4.69, 9.17) is 9.47 Å². The van der Waals surface area contributed by atoms with E-state index >= 15 is 0 Å². The molecule has 1 amide bonds. The summed E-state index contributed by atoms with van der Waals surface area (Å²) >= 11 is 0. The zero-order valence-corrected chi connectivity index (χ0v) is 16.8. The normalized spacial score (nSPS) is 10.8. The molecule has 0 aliphatic heterocycles. The number of hydrogen-bond acceptors (Lipinski definition) is 6. The van der Waals surface area contributed by atoms with E-state index in [9.17, 15) is 4.79 Å². The second-order valence-corrected chi connectivity index (χ2v) is 6.77. The van der Waals surface area contributed by atoms with E-state index in [1.165, 1.54) is 0 Å². The van der Waals surface area contributed by atoms with E-state index in [0.717, 1.165) is 11.3 Å². The predicted octanol–water partition coefficient (Wildman–Crippen LogP) is 2.81. The highest BCUT2D eigenvalue weighted by molar-refractivity contribution is 5.94. The van der Waals surface area contributed by atoms with Crippen molar-refractivity contribution in [3.05, 3.63) is 65.5 Å². The van der Waals surface area contributed by atoms with E-state index < -0.39 is 0 Å². The highest BCUT2D eigenvalue weighted by Gasteiger charge is 2.11. The third-order valence-electron chi connectivity index (χ3n) is 4.39. The van der Waals surface area contributed by atoms with Crippen molar-refractivity contribution < 1.29 is 14.3 Å². The fourth-order valence-electron chi connectivity index (χ4n) is 2.91. The van der Waals surface area contributed by atoms with Crippen molar-refractivity contribution in [3.63, 3.8) is 0 Å². The van der Waals surface area contributed by atoms with Crippen molar-refractivity contribution in [1.29, 1.82) is 0 Å². The number of methoxy groups -OCH3 is 1. The summed E-state index contributed by atoms with van der Waals surface area (Å²) in [5.41, 5.74) is 1.58. The standard InChI is InChI=1S/C21H25N5O3/c1-15(2)26-20(23-24-25-26)14-29-18-9-6-8-17(13-18)21(27)22-12-11-16-7-4-5-10-19(16)28-3/h4-10,13,15H,11-12,14H2,1-3H3,(H,22,27). The van der Waals surface area contributed by atoms with Gasteiger partial charge in [0.05, 0.1) is 13.2 Å². The van der Waals surface area contributed by atoms with Gasteiger partial charge in [-0.15, -0.1) is 5.10 Å². The number of carbonyl (C=O) groups is 1. The van der Waals surface area contributed by atoms with Gasteiger partial charge in [0, 0.05) is 12.1 Å². The molecule has 0 saturated heterocycles.